The van der Waals surface area contributed by atoms with Crippen molar-refractivity contribution < 1.29 is 20.1 Å². The van der Waals surface area contributed by atoms with E-state index < -0.39 is 17.0 Å². The SMILES string of the molecule is C[C@]12CCC[C@@](C)(C(=O)O)[C@@H]1CC[C@]13C[C@H](CC[C@@H]12)[C@](O)(CO)C3. The Balaban J connectivity index is 1.73. The van der Waals surface area contributed by atoms with Crippen molar-refractivity contribution >= 4 is 5.97 Å². The van der Waals surface area contributed by atoms with Gasteiger partial charge in [-0.15, -0.1) is 0 Å². The van der Waals surface area contributed by atoms with Gasteiger partial charge in [-0.1, -0.05) is 13.3 Å². The van der Waals surface area contributed by atoms with Gasteiger partial charge in [-0.05, 0) is 86.9 Å². The van der Waals surface area contributed by atoms with E-state index in [0.29, 0.717) is 5.92 Å². The minimum Gasteiger partial charge on any atom is -0.481 e. The summed E-state index contributed by atoms with van der Waals surface area (Å²) in [6.07, 6.45) is 8.73. The van der Waals surface area contributed by atoms with Gasteiger partial charge in [-0.25, -0.2) is 0 Å². The molecular weight excluding hydrogens is 304 g/mol. The molecule has 4 rings (SSSR count). The molecule has 2 bridgehead atoms. The largest absolute Gasteiger partial charge is 0.481 e. The zero-order valence-corrected chi connectivity index (χ0v) is 15.1. The van der Waals surface area contributed by atoms with Crippen LogP contribution in [0.2, 0.25) is 0 Å². The zero-order valence-electron chi connectivity index (χ0n) is 15.1. The van der Waals surface area contributed by atoms with Crippen LogP contribution in [0.25, 0.3) is 0 Å². The zero-order chi connectivity index (χ0) is 17.4. The molecule has 0 amide bonds. The topological polar surface area (TPSA) is 77.8 Å². The number of aliphatic hydroxyl groups is 2. The van der Waals surface area contributed by atoms with Gasteiger partial charge >= 0.3 is 5.97 Å². The standard InChI is InChI=1S/C20H32O4/c1-17-7-3-8-18(2,16(22)23)14(17)6-9-19-10-13(4-5-15(17)19)20(24,11-19)12-21/h13-15,21,24H,3-12H2,1-2H3,(H,22,23)/t13-,14+,15+,17-,18+,19+,20+/m0/s1. The highest BCUT2D eigenvalue weighted by molar-refractivity contribution is 5.75. The molecule has 0 radical (unpaired) electrons. The van der Waals surface area contributed by atoms with Crippen LogP contribution < -0.4 is 0 Å². The Labute approximate surface area is 144 Å². The second kappa shape index (κ2) is 4.97. The lowest BCUT2D eigenvalue weighted by atomic mass is 9.41. The Morgan fingerprint density at radius 3 is 2.50 bits per heavy atom. The first-order chi connectivity index (χ1) is 11.2. The summed E-state index contributed by atoms with van der Waals surface area (Å²) in [5.41, 5.74) is -1.31. The molecule has 0 unspecified atom stereocenters. The highest BCUT2D eigenvalue weighted by atomic mass is 16.4. The lowest BCUT2D eigenvalue weighted by molar-refractivity contribution is -0.181. The lowest BCUT2D eigenvalue weighted by Gasteiger charge is -2.63. The van der Waals surface area contributed by atoms with E-state index in [0.717, 1.165) is 57.8 Å². The number of fused-ring (bicyclic) bond motifs is 3. The molecule has 136 valence electrons. The predicted molar refractivity (Wildman–Crippen MR) is 90.3 cm³/mol. The first-order valence-corrected chi connectivity index (χ1v) is 9.77. The molecule has 4 aliphatic rings. The van der Waals surface area contributed by atoms with E-state index >= 15 is 0 Å². The van der Waals surface area contributed by atoms with Gasteiger partial charge in [-0.3, -0.25) is 4.79 Å². The Bertz CT molecular complexity index is 562. The Morgan fingerprint density at radius 1 is 1.08 bits per heavy atom. The smallest absolute Gasteiger partial charge is 0.309 e. The molecule has 0 aromatic heterocycles. The Kier molecular flexibility index (Phi) is 3.49. The van der Waals surface area contributed by atoms with Gasteiger partial charge in [0, 0.05) is 0 Å². The number of aliphatic carboxylic acids is 1. The fraction of sp³-hybridized carbons (Fsp3) is 0.950. The third-order valence-corrected chi connectivity index (χ3v) is 9.08. The maximum atomic E-state index is 12.1. The van der Waals surface area contributed by atoms with Crippen LogP contribution in [0, 0.1) is 34.0 Å². The van der Waals surface area contributed by atoms with Crippen molar-refractivity contribution in [3.05, 3.63) is 0 Å². The average molecular weight is 336 g/mol. The average Bonchev–Trinajstić information content (AvgIpc) is 2.73. The van der Waals surface area contributed by atoms with Crippen LogP contribution in [0.1, 0.15) is 71.6 Å². The highest BCUT2D eigenvalue weighted by Gasteiger charge is 2.68. The summed E-state index contributed by atoms with van der Waals surface area (Å²) in [7, 11) is 0. The number of aliphatic hydroxyl groups excluding tert-OH is 1. The molecular formula is C20H32O4. The van der Waals surface area contributed by atoms with Crippen molar-refractivity contribution in [1.82, 2.24) is 0 Å². The quantitative estimate of drug-likeness (QED) is 0.723. The van der Waals surface area contributed by atoms with E-state index in [4.69, 9.17) is 0 Å². The molecule has 7 atom stereocenters. The summed E-state index contributed by atoms with van der Waals surface area (Å²) in [5.74, 6) is 0.348. The number of carbonyl (C=O) groups is 1. The van der Waals surface area contributed by atoms with Gasteiger partial charge in [0.2, 0.25) is 0 Å². The van der Waals surface area contributed by atoms with Crippen LogP contribution in [0.3, 0.4) is 0 Å². The summed E-state index contributed by atoms with van der Waals surface area (Å²) < 4.78 is 0. The van der Waals surface area contributed by atoms with Gasteiger partial charge in [0.25, 0.3) is 0 Å². The molecule has 4 heteroatoms. The van der Waals surface area contributed by atoms with Crippen LogP contribution >= 0.6 is 0 Å². The van der Waals surface area contributed by atoms with Crippen molar-refractivity contribution in [2.75, 3.05) is 6.61 Å². The molecule has 4 fully saturated rings. The van der Waals surface area contributed by atoms with Gasteiger partial charge < -0.3 is 15.3 Å². The normalized spacial score (nSPS) is 56.4. The van der Waals surface area contributed by atoms with Crippen molar-refractivity contribution in [3.63, 3.8) is 0 Å². The van der Waals surface area contributed by atoms with Crippen molar-refractivity contribution in [2.45, 2.75) is 77.2 Å². The summed E-state index contributed by atoms with van der Waals surface area (Å²) >= 11 is 0. The van der Waals surface area contributed by atoms with E-state index in [1.54, 1.807) is 0 Å². The van der Waals surface area contributed by atoms with Crippen molar-refractivity contribution in [3.8, 4) is 0 Å². The summed E-state index contributed by atoms with van der Waals surface area (Å²) in [6.45, 7) is 4.19. The van der Waals surface area contributed by atoms with Crippen LogP contribution in [-0.2, 0) is 4.79 Å². The molecule has 0 heterocycles. The molecule has 0 aliphatic heterocycles. The van der Waals surface area contributed by atoms with E-state index in [-0.39, 0.29) is 29.3 Å². The fourth-order valence-corrected chi connectivity index (χ4v) is 8.06. The molecule has 4 saturated carbocycles. The van der Waals surface area contributed by atoms with E-state index in [9.17, 15) is 20.1 Å². The monoisotopic (exact) mass is 336 g/mol. The first kappa shape index (κ1) is 16.8. The van der Waals surface area contributed by atoms with Crippen LogP contribution in [0.5, 0.6) is 0 Å². The molecule has 1 spiro atoms. The third kappa shape index (κ3) is 1.90. The summed E-state index contributed by atoms with van der Waals surface area (Å²) in [6, 6.07) is 0. The maximum absolute atomic E-state index is 12.1. The number of rotatable bonds is 2. The summed E-state index contributed by atoms with van der Waals surface area (Å²) in [4.78, 5) is 12.1. The fourth-order valence-electron chi connectivity index (χ4n) is 8.06. The van der Waals surface area contributed by atoms with Crippen molar-refractivity contribution in [1.29, 1.82) is 0 Å². The van der Waals surface area contributed by atoms with Crippen LogP contribution in [0.4, 0.5) is 0 Å². The number of hydrogen-bond donors (Lipinski definition) is 3. The number of carboxylic acids is 1. The second-order valence-electron chi connectivity index (χ2n) is 10.0. The van der Waals surface area contributed by atoms with E-state index in [1.165, 1.54) is 0 Å². The van der Waals surface area contributed by atoms with Crippen molar-refractivity contribution in [2.24, 2.45) is 34.0 Å². The molecule has 4 aliphatic carbocycles. The van der Waals surface area contributed by atoms with Gasteiger partial charge in [-0.2, -0.15) is 0 Å². The minimum absolute atomic E-state index is 0.0648. The highest BCUT2D eigenvalue weighted by Crippen LogP contribution is 2.72. The molecule has 0 saturated heterocycles. The minimum atomic E-state index is -0.900. The molecule has 4 nitrogen and oxygen atoms in total. The molecule has 3 N–H and O–H groups in total. The third-order valence-electron chi connectivity index (χ3n) is 9.08. The lowest BCUT2D eigenvalue weighted by Crippen LogP contribution is -2.58. The number of carboxylic acid groups (broad SMARTS) is 1. The number of hydrogen-bond acceptors (Lipinski definition) is 3. The molecule has 24 heavy (non-hydrogen) atoms. The first-order valence-electron chi connectivity index (χ1n) is 9.77. The van der Waals surface area contributed by atoms with E-state index in [1.807, 2.05) is 6.92 Å². The van der Waals surface area contributed by atoms with Gasteiger partial charge in [0.1, 0.15) is 0 Å². The molecule has 0 aromatic carbocycles. The second-order valence-corrected chi connectivity index (χ2v) is 10.0. The van der Waals surface area contributed by atoms with Gasteiger partial charge in [0.05, 0.1) is 17.6 Å². The van der Waals surface area contributed by atoms with E-state index in [2.05, 4.69) is 6.92 Å². The van der Waals surface area contributed by atoms with Gasteiger partial charge in [0.15, 0.2) is 0 Å². The van der Waals surface area contributed by atoms with Crippen LogP contribution in [-0.4, -0.2) is 33.5 Å². The van der Waals surface area contributed by atoms with Crippen LogP contribution in [0.15, 0.2) is 0 Å². The molecule has 0 aromatic rings. The Morgan fingerprint density at radius 2 is 1.83 bits per heavy atom. The summed E-state index contributed by atoms with van der Waals surface area (Å²) in [5, 5.41) is 30.6. The maximum Gasteiger partial charge on any atom is 0.309 e. The predicted octanol–water partition coefficient (Wildman–Crippen LogP) is 3.21. The Hall–Kier alpha value is -0.610.